The van der Waals surface area contributed by atoms with Gasteiger partial charge in [0.25, 0.3) is 0 Å². The Morgan fingerprint density at radius 2 is 2.14 bits per heavy atom. The molecule has 5 nitrogen and oxygen atoms in total. The molecule has 0 N–H and O–H groups in total. The predicted octanol–water partition coefficient (Wildman–Crippen LogP) is 3.19. The first-order valence-electron chi connectivity index (χ1n) is 6.48. The third kappa shape index (κ3) is 2.81. The van der Waals surface area contributed by atoms with Gasteiger partial charge in [-0.05, 0) is 24.1 Å². The Balaban J connectivity index is 1.81. The van der Waals surface area contributed by atoms with Crippen LogP contribution in [0.3, 0.4) is 0 Å². The van der Waals surface area contributed by atoms with E-state index in [9.17, 15) is 4.79 Å². The van der Waals surface area contributed by atoms with E-state index in [1.807, 2.05) is 29.6 Å². The van der Waals surface area contributed by atoms with E-state index >= 15 is 0 Å². The topological polar surface area (TPSA) is 52.8 Å². The number of carbonyl (C=O) groups excluding carboxylic acids is 1. The minimum atomic E-state index is 0.335. The average Bonchev–Trinajstić information content (AvgIpc) is 3.07. The van der Waals surface area contributed by atoms with Crippen LogP contribution < -0.4 is 4.74 Å². The maximum Gasteiger partial charge on any atom is 0.250 e. The summed E-state index contributed by atoms with van der Waals surface area (Å²) in [7, 11) is 1.68. The van der Waals surface area contributed by atoms with Crippen LogP contribution in [0.5, 0.6) is 11.6 Å². The Labute approximate surface area is 125 Å². The van der Waals surface area contributed by atoms with E-state index in [0.29, 0.717) is 23.9 Å². The number of carbonyl (C=O) groups is 1. The number of ether oxygens (including phenoxy) is 2. The summed E-state index contributed by atoms with van der Waals surface area (Å²) in [6, 6.07) is 7.70. The number of methoxy groups -OCH3 is 1. The lowest BCUT2D eigenvalue weighted by atomic mass is 10.1. The van der Waals surface area contributed by atoms with Gasteiger partial charge in [0.1, 0.15) is 5.75 Å². The Morgan fingerprint density at radius 1 is 1.33 bits per heavy atom. The molecule has 6 heteroatoms. The van der Waals surface area contributed by atoms with Crippen LogP contribution in [0.15, 0.2) is 35.8 Å². The van der Waals surface area contributed by atoms with E-state index in [4.69, 9.17) is 9.47 Å². The fourth-order valence-corrected chi connectivity index (χ4v) is 2.73. The lowest BCUT2D eigenvalue weighted by molar-refractivity contribution is 0.111. The van der Waals surface area contributed by atoms with Gasteiger partial charge >= 0.3 is 0 Å². The van der Waals surface area contributed by atoms with E-state index in [-0.39, 0.29) is 0 Å². The molecule has 0 aliphatic carbocycles. The molecule has 1 aromatic carbocycles. The first-order valence-corrected chi connectivity index (χ1v) is 7.36. The van der Waals surface area contributed by atoms with Crippen LogP contribution in [-0.4, -0.2) is 29.4 Å². The molecule has 3 rings (SSSR count). The van der Waals surface area contributed by atoms with Gasteiger partial charge in [-0.15, -0.1) is 11.3 Å². The molecular weight excluding hydrogens is 288 g/mol. The van der Waals surface area contributed by atoms with Crippen LogP contribution in [0.4, 0.5) is 0 Å². The summed E-state index contributed by atoms with van der Waals surface area (Å²) in [5, 5.41) is 1.88. The molecule has 0 saturated carbocycles. The van der Waals surface area contributed by atoms with Gasteiger partial charge in [-0.2, -0.15) is 4.98 Å². The molecule has 0 bridgehead atoms. The molecule has 0 aliphatic heterocycles. The van der Waals surface area contributed by atoms with Gasteiger partial charge < -0.3 is 9.47 Å². The van der Waals surface area contributed by atoms with Crippen molar-refractivity contribution in [2.45, 2.75) is 6.42 Å². The Hall–Kier alpha value is -2.18. The monoisotopic (exact) mass is 302 g/mol. The maximum atomic E-state index is 11.2. The molecule has 0 saturated heterocycles. The lowest BCUT2D eigenvalue weighted by Gasteiger charge is -2.05. The number of hydrogen-bond acceptors (Lipinski definition) is 5. The van der Waals surface area contributed by atoms with Crippen LogP contribution in [0, 0.1) is 0 Å². The molecule has 0 aliphatic rings. The molecule has 0 fully saturated rings. The van der Waals surface area contributed by atoms with Crippen LogP contribution in [0.1, 0.15) is 16.1 Å². The van der Waals surface area contributed by atoms with Crippen molar-refractivity contribution in [1.82, 2.24) is 9.38 Å². The minimum absolute atomic E-state index is 0.335. The second-order valence-corrected chi connectivity index (χ2v) is 5.34. The van der Waals surface area contributed by atoms with E-state index < -0.39 is 0 Å². The SMILES string of the molecule is COCCc1ccc(Oc2nc3sccn3c2C=O)cc1. The van der Waals surface area contributed by atoms with Gasteiger partial charge in [-0.3, -0.25) is 9.20 Å². The molecule has 3 aromatic rings. The fraction of sp³-hybridized carbons (Fsp3) is 0.200. The summed E-state index contributed by atoms with van der Waals surface area (Å²) in [5.41, 5.74) is 1.60. The highest BCUT2D eigenvalue weighted by atomic mass is 32.1. The Kier molecular flexibility index (Phi) is 3.98. The van der Waals surface area contributed by atoms with Gasteiger partial charge in [0, 0.05) is 18.7 Å². The number of aldehydes is 1. The van der Waals surface area contributed by atoms with Crippen molar-refractivity contribution in [2.75, 3.05) is 13.7 Å². The highest BCUT2D eigenvalue weighted by Gasteiger charge is 2.14. The largest absolute Gasteiger partial charge is 0.437 e. The van der Waals surface area contributed by atoms with Crippen molar-refractivity contribution in [2.24, 2.45) is 0 Å². The smallest absolute Gasteiger partial charge is 0.250 e. The van der Waals surface area contributed by atoms with Crippen LogP contribution in [0.2, 0.25) is 0 Å². The summed E-state index contributed by atoms with van der Waals surface area (Å²) in [6.07, 6.45) is 3.42. The van der Waals surface area contributed by atoms with E-state index in [0.717, 1.165) is 17.7 Å². The van der Waals surface area contributed by atoms with Gasteiger partial charge in [0.2, 0.25) is 5.88 Å². The number of benzene rings is 1. The summed E-state index contributed by atoms with van der Waals surface area (Å²) >= 11 is 1.46. The zero-order valence-corrected chi connectivity index (χ0v) is 12.3. The van der Waals surface area contributed by atoms with Crippen LogP contribution in [-0.2, 0) is 11.2 Å². The summed E-state index contributed by atoms with van der Waals surface area (Å²) in [5.74, 6) is 0.992. The number of hydrogen-bond donors (Lipinski definition) is 0. The van der Waals surface area contributed by atoms with Crippen molar-refractivity contribution in [3.05, 3.63) is 47.1 Å². The second kappa shape index (κ2) is 6.07. The van der Waals surface area contributed by atoms with Crippen LogP contribution >= 0.6 is 11.3 Å². The zero-order valence-electron chi connectivity index (χ0n) is 11.5. The normalized spacial score (nSPS) is 10.9. The average molecular weight is 302 g/mol. The molecule has 0 spiro atoms. The summed E-state index contributed by atoms with van der Waals surface area (Å²) in [6.45, 7) is 0.687. The first kappa shape index (κ1) is 13.8. The van der Waals surface area contributed by atoms with Crippen molar-refractivity contribution in [3.63, 3.8) is 0 Å². The molecule has 108 valence electrons. The van der Waals surface area contributed by atoms with Gasteiger partial charge in [0.05, 0.1) is 6.61 Å². The molecule has 2 heterocycles. The number of fused-ring (bicyclic) bond motifs is 1. The number of rotatable bonds is 6. The van der Waals surface area contributed by atoms with Crippen molar-refractivity contribution >= 4 is 22.6 Å². The van der Waals surface area contributed by atoms with Gasteiger partial charge in [-0.1, -0.05) is 12.1 Å². The molecule has 0 amide bonds. The number of thiazole rings is 1. The van der Waals surface area contributed by atoms with E-state index in [1.165, 1.54) is 16.9 Å². The number of aromatic nitrogens is 2. The van der Waals surface area contributed by atoms with Crippen LogP contribution in [0.25, 0.3) is 4.96 Å². The molecular formula is C15H14N2O3S. The van der Waals surface area contributed by atoms with Gasteiger partial charge in [0.15, 0.2) is 16.9 Å². The fourth-order valence-electron chi connectivity index (χ4n) is 2.02. The minimum Gasteiger partial charge on any atom is -0.437 e. The Morgan fingerprint density at radius 3 is 2.86 bits per heavy atom. The maximum absolute atomic E-state index is 11.2. The highest BCUT2D eigenvalue weighted by Crippen LogP contribution is 2.27. The third-order valence-corrected chi connectivity index (χ3v) is 3.87. The summed E-state index contributed by atoms with van der Waals surface area (Å²) in [4.78, 5) is 16.3. The predicted molar refractivity (Wildman–Crippen MR) is 80.6 cm³/mol. The van der Waals surface area contributed by atoms with E-state index in [1.54, 1.807) is 17.7 Å². The first-order chi connectivity index (χ1) is 10.3. The second-order valence-electron chi connectivity index (χ2n) is 4.46. The lowest BCUT2D eigenvalue weighted by Crippen LogP contribution is -1.95. The molecule has 0 radical (unpaired) electrons. The Bertz CT molecular complexity index is 746. The molecule has 0 atom stereocenters. The summed E-state index contributed by atoms with van der Waals surface area (Å²) < 4.78 is 12.5. The quantitative estimate of drug-likeness (QED) is 0.656. The highest BCUT2D eigenvalue weighted by molar-refractivity contribution is 7.15. The molecule has 21 heavy (non-hydrogen) atoms. The number of imidazole rings is 1. The molecule has 2 aromatic heterocycles. The molecule has 0 unspecified atom stereocenters. The third-order valence-electron chi connectivity index (χ3n) is 3.11. The number of nitrogens with zero attached hydrogens (tertiary/aromatic N) is 2. The van der Waals surface area contributed by atoms with Crippen molar-refractivity contribution in [3.8, 4) is 11.6 Å². The van der Waals surface area contributed by atoms with Gasteiger partial charge in [-0.25, -0.2) is 0 Å². The van der Waals surface area contributed by atoms with Crippen molar-refractivity contribution < 1.29 is 14.3 Å². The van der Waals surface area contributed by atoms with Crippen molar-refractivity contribution in [1.29, 1.82) is 0 Å². The zero-order chi connectivity index (χ0) is 14.7. The van der Waals surface area contributed by atoms with E-state index in [2.05, 4.69) is 4.98 Å². The standard InChI is InChI=1S/C15H14N2O3S/c1-19-8-6-11-2-4-12(5-3-11)20-14-13(10-18)17-7-9-21-15(17)16-14/h2-5,7,9-10H,6,8H2,1H3.